The Balaban J connectivity index is 1.60. The lowest BCUT2D eigenvalue weighted by Gasteiger charge is -2.11. The molecule has 0 fully saturated rings. The van der Waals surface area contributed by atoms with E-state index in [1.54, 1.807) is 18.2 Å². The third-order valence-corrected chi connectivity index (χ3v) is 5.03. The summed E-state index contributed by atoms with van der Waals surface area (Å²) in [6, 6.07) is 19.5. The largest absolute Gasteiger partial charge is 0.483 e. The summed E-state index contributed by atoms with van der Waals surface area (Å²) in [6.07, 6.45) is 0. The van der Waals surface area contributed by atoms with Gasteiger partial charge in [-0.05, 0) is 30.5 Å². The van der Waals surface area contributed by atoms with E-state index in [2.05, 4.69) is 10.3 Å². The smallest absolute Gasteiger partial charge is 0.272 e. The summed E-state index contributed by atoms with van der Waals surface area (Å²) in [7, 11) is -3.83. The minimum atomic E-state index is -3.83. The lowest BCUT2D eigenvalue weighted by molar-refractivity contribution is -0.123. The Hall–Kier alpha value is -2.90. The molecule has 3 aromatic carbocycles. The van der Waals surface area contributed by atoms with Gasteiger partial charge in [-0.2, -0.15) is 0 Å². The van der Waals surface area contributed by atoms with Crippen LogP contribution >= 0.6 is 0 Å². The molecular formula is C19H18N2O4S. The Morgan fingerprint density at radius 2 is 1.65 bits per heavy atom. The van der Waals surface area contributed by atoms with Gasteiger partial charge in [0.2, 0.25) is 0 Å². The summed E-state index contributed by atoms with van der Waals surface area (Å²) in [5.41, 5.74) is 3.09. The number of amides is 1. The van der Waals surface area contributed by atoms with Crippen LogP contribution < -0.4 is 15.0 Å². The van der Waals surface area contributed by atoms with Crippen LogP contribution in [-0.4, -0.2) is 20.9 Å². The van der Waals surface area contributed by atoms with Gasteiger partial charge in [-0.25, -0.2) is 8.42 Å². The second-order valence-electron chi connectivity index (χ2n) is 5.73. The number of ether oxygens (including phenoxy) is 1. The number of hydrazine groups is 1. The Bertz CT molecular complexity index is 1030. The van der Waals surface area contributed by atoms with Crippen molar-refractivity contribution < 1.29 is 17.9 Å². The molecule has 26 heavy (non-hydrogen) atoms. The molecule has 3 aromatic rings. The van der Waals surface area contributed by atoms with Gasteiger partial charge < -0.3 is 4.74 Å². The number of benzene rings is 3. The van der Waals surface area contributed by atoms with E-state index < -0.39 is 15.9 Å². The van der Waals surface area contributed by atoms with E-state index in [4.69, 9.17) is 4.74 Å². The van der Waals surface area contributed by atoms with Crippen LogP contribution in [0.5, 0.6) is 5.75 Å². The molecule has 0 aromatic heterocycles. The van der Waals surface area contributed by atoms with Crippen molar-refractivity contribution in [1.82, 2.24) is 10.3 Å². The monoisotopic (exact) mass is 370 g/mol. The molecule has 7 heteroatoms. The molecule has 6 nitrogen and oxygen atoms in total. The van der Waals surface area contributed by atoms with Crippen molar-refractivity contribution in [2.24, 2.45) is 0 Å². The summed E-state index contributed by atoms with van der Waals surface area (Å²) in [5, 5.41) is 1.87. The van der Waals surface area contributed by atoms with Crippen LogP contribution in [0.2, 0.25) is 0 Å². The fraction of sp³-hybridized carbons (Fsp3) is 0.105. The third-order valence-electron chi connectivity index (χ3n) is 3.76. The zero-order valence-electron chi connectivity index (χ0n) is 14.1. The van der Waals surface area contributed by atoms with Crippen LogP contribution in [0.25, 0.3) is 10.8 Å². The molecular weight excluding hydrogens is 352 g/mol. The predicted octanol–water partition coefficient (Wildman–Crippen LogP) is 2.54. The Morgan fingerprint density at radius 1 is 0.962 bits per heavy atom. The third kappa shape index (κ3) is 4.19. The van der Waals surface area contributed by atoms with E-state index in [0.717, 1.165) is 16.3 Å². The number of hydrogen-bond acceptors (Lipinski definition) is 4. The highest BCUT2D eigenvalue weighted by atomic mass is 32.2. The number of carbonyl (C=O) groups is 1. The van der Waals surface area contributed by atoms with Crippen molar-refractivity contribution in [1.29, 1.82) is 0 Å². The van der Waals surface area contributed by atoms with Crippen molar-refractivity contribution in [2.75, 3.05) is 6.61 Å². The second kappa shape index (κ2) is 7.55. The highest BCUT2D eigenvalue weighted by molar-refractivity contribution is 7.89. The number of nitrogens with one attached hydrogen (secondary N) is 2. The van der Waals surface area contributed by atoms with E-state index in [1.807, 2.05) is 43.3 Å². The summed E-state index contributed by atoms with van der Waals surface area (Å²) in [4.78, 5) is 14.1. The SMILES string of the molecule is Cc1ccc(S(=O)(=O)NNC(=O)COc2cccc3ccccc23)cc1. The van der Waals surface area contributed by atoms with Gasteiger partial charge in [0.05, 0.1) is 4.90 Å². The molecule has 0 spiro atoms. The van der Waals surface area contributed by atoms with Gasteiger partial charge in [0.1, 0.15) is 5.75 Å². The zero-order valence-corrected chi connectivity index (χ0v) is 14.9. The van der Waals surface area contributed by atoms with Crippen LogP contribution in [0.3, 0.4) is 0 Å². The number of sulfonamides is 1. The lowest BCUT2D eigenvalue weighted by Crippen LogP contribution is -2.43. The van der Waals surface area contributed by atoms with Gasteiger partial charge in [0, 0.05) is 5.39 Å². The predicted molar refractivity (Wildman–Crippen MR) is 99.1 cm³/mol. The van der Waals surface area contributed by atoms with Gasteiger partial charge in [-0.1, -0.05) is 54.1 Å². The molecule has 0 unspecified atom stereocenters. The van der Waals surface area contributed by atoms with E-state index in [1.165, 1.54) is 12.1 Å². The summed E-state index contributed by atoms with van der Waals surface area (Å²) in [6.45, 7) is 1.54. The minimum absolute atomic E-state index is 0.0679. The Labute approximate surface area is 151 Å². The average Bonchev–Trinajstić information content (AvgIpc) is 2.65. The van der Waals surface area contributed by atoms with Crippen molar-refractivity contribution in [2.45, 2.75) is 11.8 Å². The van der Waals surface area contributed by atoms with Crippen LogP contribution in [0, 0.1) is 6.92 Å². The summed E-state index contributed by atoms with van der Waals surface area (Å²) >= 11 is 0. The molecule has 0 atom stereocenters. The molecule has 0 radical (unpaired) electrons. The lowest BCUT2D eigenvalue weighted by atomic mass is 10.1. The highest BCUT2D eigenvalue weighted by Gasteiger charge is 2.15. The highest BCUT2D eigenvalue weighted by Crippen LogP contribution is 2.24. The molecule has 0 saturated heterocycles. The van der Waals surface area contributed by atoms with Crippen LogP contribution in [0.1, 0.15) is 5.56 Å². The van der Waals surface area contributed by atoms with E-state index in [9.17, 15) is 13.2 Å². The zero-order chi connectivity index (χ0) is 18.6. The molecule has 1 amide bonds. The second-order valence-corrected chi connectivity index (χ2v) is 7.42. The molecule has 0 bridgehead atoms. The normalized spacial score (nSPS) is 11.3. The Morgan fingerprint density at radius 3 is 2.42 bits per heavy atom. The maximum absolute atomic E-state index is 12.1. The van der Waals surface area contributed by atoms with E-state index in [-0.39, 0.29) is 11.5 Å². The van der Waals surface area contributed by atoms with Crippen LogP contribution in [0.4, 0.5) is 0 Å². The minimum Gasteiger partial charge on any atom is -0.483 e. The fourth-order valence-corrected chi connectivity index (χ4v) is 3.26. The van der Waals surface area contributed by atoms with Gasteiger partial charge in [-0.3, -0.25) is 10.2 Å². The average molecular weight is 370 g/mol. The summed E-state index contributed by atoms with van der Waals surface area (Å²) < 4.78 is 29.8. The topological polar surface area (TPSA) is 84.5 Å². The fourth-order valence-electron chi connectivity index (χ4n) is 2.40. The maximum atomic E-state index is 12.1. The van der Waals surface area contributed by atoms with Crippen LogP contribution in [-0.2, 0) is 14.8 Å². The van der Waals surface area contributed by atoms with Gasteiger partial charge in [0.15, 0.2) is 6.61 Å². The van der Waals surface area contributed by atoms with Gasteiger partial charge in [0.25, 0.3) is 15.9 Å². The molecule has 0 aliphatic heterocycles. The molecule has 0 aliphatic carbocycles. The molecule has 134 valence electrons. The number of fused-ring (bicyclic) bond motifs is 1. The van der Waals surface area contributed by atoms with Crippen molar-refractivity contribution >= 4 is 26.7 Å². The quantitative estimate of drug-likeness (QED) is 0.653. The molecule has 3 rings (SSSR count). The molecule has 0 heterocycles. The van der Waals surface area contributed by atoms with Gasteiger partial charge in [-0.15, -0.1) is 4.83 Å². The number of carbonyl (C=O) groups excluding carboxylic acids is 1. The van der Waals surface area contributed by atoms with E-state index in [0.29, 0.717) is 5.75 Å². The first-order valence-electron chi connectivity index (χ1n) is 7.93. The number of hydrogen-bond donors (Lipinski definition) is 2. The molecule has 2 N–H and O–H groups in total. The Kier molecular flexibility index (Phi) is 5.20. The number of rotatable bonds is 6. The molecule has 0 saturated carbocycles. The standard InChI is InChI=1S/C19H18N2O4S/c1-14-9-11-16(12-10-14)26(23,24)21-20-19(22)13-25-18-8-4-6-15-5-2-3-7-17(15)18/h2-12,21H,13H2,1H3,(H,20,22). The first-order valence-corrected chi connectivity index (χ1v) is 9.42. The van der Waals surface area contributed by atoms with Crippen molar-refractivity contribution in [3.05, 3.63) is 72.3 Å². The summed E-state index contributed by atoms with van der Waals surface area (Å²) in [5.74, 6) is -0.0479. The maximum Gasteiger partial charge on any atom is 0.272 e. The van der Waals surface area contributed by atoms with Crippen molar-refractivity contribution in [3.8, 4) is 5.75 Å². The van der Waals surface area contributed by atoms with E-state index >= 15 is 0 Å². The van der Waals surface area contributed by atoms with Crippen LogP contribution in [0.15, 0.2) is 71.6 Å². The van der Waals surface area contributed by atoms with Crippen molar-refractivity contribution in [3.63, 3.8) is 0 Å². The first kappa shape index (κ1) is 17.9. The first-order chi connectivity index (χ1) is 12.5. The van der Waals surface area contributed by atoms with Gasteiger partial charge >= 0.3 is 0 Å². The molecule has 0 aliphatic rings. The number of aryl methyl sites for hydroxylation is 1.